The van der Waals surface area contributed by atoms with Gasteiger partial charge in [-0.2, -0.15) is 10.2 Å². The minimum absolute atomic E-state index is 0.412. The predicted octanol–water partition coefficient (Wildman–Crippen LogP) is 2.49. The summed E-state index contributed by atoms with van der Waals surface area (Å²) in [6.07, 6.45) is 0. The van der Waals surface area contributed by atoms with Crippen molar-refractivity contribution >= 4 is 5.82 Å². The van der Waals surface area contributed by atoms with Gasteiger partial charge in [0.05, 0.1) is 5.56 Å². The lowest BCUT2D eigenvalue weighted by Gasteiger charge is -2.08. The van der Waals surface area contributed by atoms with Gasteiger partial charge in [-0.05, 0) is 19.1 Å². The second kappa shape index (κ2) is 5.15. The molecule has 2 aromatic rings. The molecule has 90 valence electrons. The fourth-order valence-corrected chi connectivity index (χ4v) is 1.48. The van der Waals surface area contributed by atoms with Crippen LogP contribution in [0.3, 0.4) is 0 Å². The number of nitrogens with one attached hydrogen (secondary N) is 1. The van der Waals surface area contributed by atoms with E-state index < -0.39 is 0 Å². The Labute approximate surface area is 105 Å². The normalized spacial score (nSPS) is 9.61. The SMILES string of the molecule is CNc1cc(Oc2ccccc2C#N)nc(C)n1. The number of hydrogen-bond donors (Lipinski definition) is 1. The number of para-hydroxylation sites is 1. The highest BCUT2D eigenvalue weighted by molar-refractivity contribution is 5.45. The van der Waals surface area contributed by atoms with Gasteiger partial charge in [-0.3, -0.25) is 0 Å². The molecule has 1 N–H and O–H groups in total. The minimum Gasteiger partial charge on any atom is -0.437 e. The lowest BCUT2D eigenvalue weighted by Crippen LogP contribution is -1.99. The molecular weight excluding hydrogens is 228 g/mol. The molecule has 0 bridgehead atoms. The molecule has 0 atom stereocenters. The van der Waals surface area contributed by atoms with E-state index in [1.165, 1.54) is 0 Å². The Morgan fingerprint density at radius 1 is 1.28 bits per heavy atom. The van der Waals surface area contributed by atoms with Crippen molar-refractivity contribution in [1.82, 2.24) is 9.97 Å². The molecule has 0 unspecified atom stereocenters. The van der Waals surface area contributed by atoms with Crippen LogP contribution < -0.4 is 10.1 Å². The van der Waals surface area contributed by atoms with E-state index in [1.54, 1.807) is 38.2 Å². The third-order valence-corrected chi connectivity index (χ3v) is 2.29. The van der Waals surface area contributed by atoms with Crippen LogP contribution in [-0.4, -0.2) is 17.0 Å². The standard InChI is InChI=1S/C13H12N4O/c1-9-16-12(15-2)7-13(17-9)18-11-6-4-3-5-10(11)8-14/h3-7H,1-2H3,(H,15,16,17). The predicted molar refractivity (Wildman–Crippen MR) is 67.5 cm³/mol. The van der Waals surface area contributed by atoms with Gasteiger partial charge in [0.15, 0.2) is 0 Å². The monoisotopic (exact) mass is 240 g/mol. The Morgan fingerprint density at radius 3 is 2.78 bits per heavy atom. The van der Waals surface area contributed by atoms with Crippen LogP contribution in [0.2, 0.25) is 0 Å². The van der Waals surface area contributed by atoms with Gasteiger partial charge in [0.25, 0.3) is 0 Å². The molecule has 0 saturated carbocycles. The van der Waals surface area contributed by atoms with Gasteiger partial charge in [0.2, 0.25) is 5.88 Å². The Kier molecular flexibility index (Phi) is 3.39. The molecule has 0 aliphatic carbocycles. The van der Waals surface area contributed by atoms with Gasteiger partial charge in [0.1, 0.15) is 23.5 Å². The summed E-state index contributed by atoms with van der Waals surface area (Å²) in [5.41, 5.74) is 0.472. The molecule has 0 aliphatic rings. The highest BCUT2D eigenvalue weighted by Crippen LogP contribution is 2.24. The second-order valence-electron chi connectivity index (χ2n) is 3.60. The first-order chi connectivity index (χ1) is 8.72. The summed E-state index contributed by atoms with van der Waals surface area (Å²) in [5, 5.41) is 11.9. The van der Waals surface area contributed by atoms with Crippen LogP contribution in [0.1, 0.15) is 11.4 Å². The summed E-state index contributed by atoms with van der Waals surface area (Å²) < 4.78 is 5.61. The maximum absolute atomic E-state index is 8.98. The van der Waals surface area contributed by atoms with Crippen molar-refractivity contribution in [3.05, 3.63) is 41.7 Å². The fraction of sp³-hybridized carbons (Fsp3) is 0.154. The van der Waals surface area contributed by atoms with Crippen LogP contribution in [0.25, 0.3) is 0 Å². The van der Waals surface area contributed by atoms with Gasteiger partial charge >= 0.3 is 0 Å². The molecule has 0 radical (unpaired) electrons. The molecule has 18 heavy (non-hydrogen) atoms. The van der Waals surface area contributed by atoms with Crippen molar-refractivity contribution in [2.45, 2.75) is 6.92 Å². The fourth-order valence-electron chi connectivity index (χ4n) is 1.48. The first-order valence-electron chi connectivity index (χ1n) is 5.43. The van der Waals surface area contributed by atoms with Crippen LogP contribution in [0, 0.1) is 18.3 Å². The summed E-state index contributed by atoms with van der Waals surface area (Å²) in [7, 11) is 1.77. The quantitative estimate of drug-likeness (QED) is 0.892. The van der Waals surface area contributed by atoms with Crippen LogP contribution in [-0.2, 0) is 0 Å². The second-order valence-corrected chi connectivity index (χ2v) is 3.60. The number of nitrogens with zero attached hydrogens (tertiary/aromatic N) is 3. The Balaban J connectivity index is 2.34. The van der Waals surface area contributed by atoms with Crippen molar-refractivity contribution in [3.8, 4) is 17.7 Å². The molecule has 0 aliphatic heterocycles. The number of hydrogen-bond acceptors (Lipinski definition) is 5. The van der Waals surface area contributed by atoms with E-state index in [4.69, 9.17) is 10.00 Å². The summed E-state index contributed by atoms with van der Waals surface area (Å²) in [6, 6.07) is 10.8. The summed E-state index contributed by atoms with van der Waals surface area (Å²) in [6.45, 7) is 1.78. The first kappa shape index (κ1) is 11.9. The van der Waals surface area contributed by atoms with E-state index in [9.17, 15) is 0 Å². The molecule has 0 fully saturated rings. The third kappa shape index (κ3) is 2.55. The summed E-state index contributed by atoms with van der Waals surface area (Å²) in [5.74, 6) is 2.17. The molecule has 1 aromatic carbocycles. The van der Waals surface area contributed by atoms with E-state index >= 15 is 0 Å². The van der Waals surface area contributed by atoms with Gasteiger partial charge < -0.3 is 10.1 Å². The average molecular weight is 240 g/mol. The Hall–Kier alpha value is -2.61. The van der Waals surface area contributed by atoms with Crippen molar-refractivity contribution in [2.24, 2.45) is 0 Å². The molecular formula is C13H12N4O. The summed E-state index contributed by atoms with van der Waals surface area (Å²) >= 11 is 0. The molecule has 0 saturated heterocycles. The zero-order chi connectivity index (χ0) is 13.0. The number of aryl methyl sites for hydroxylation is 1. The maximum Gasteiger partial charge on any atom is 0.224 e. The van der Waals surface area contributed by atoms with Gasteiger partial charge in [-0.15, -0.1) is 0 Å². The van der Waals surface area contributed by atoms with Crippen LogP contribution in [0.15, 0.2) is 30.3 Å². The minimum atomic E-state index is 0.412. The highest BCUT2D eigenvalue weighted by atomic mass is 16.5. The van der Waals surface area contributed by atoms with Crippen molar-refractivity contribution in [2.75, 3.05) is 12.4 Å². The first-order valence-corrected chi connectivity index (χ1v) is 5.43. The molecule has 1 aromatic heterocycles. The lowest BCUT2D eigenvalue weighted by molar-refractivity contribution is 0.459. The summed E-state index contributed by atoms with van der Waals surface area (Å²) in [4.78, 5) is 8.34. The molecule has 5 nitrogen and oxygen atoms in total. The Bertz CT molecular complexity index is 604. The van der Waals surface area contributed by atoms with Crippen molar-refractivity contribution < 1.29 is 4.74 Å². The largest absolute Gasteiger partial charge is 0.437 e. The number of rotatable bonds is 3. The van der Waals surface area contributed by atoms with Gasteiger partial charge in [-0.25, -0.2) is 4.98 Å². The topological polar surface area (TPSA) is 70.8 Å². The van der Waals surface area contributed by atoms with E-state index in [-0.39, 0.29) is 0 Å². The molecule has 0 spiro atoms. The maximum atomic E-state index is 8.98. The number of anilines is 1. The van der Waals surface area contributed by atoms with Gasteiger partial charge in [-0.1, -0.05) is 12.1 Å². The van der Waals surface area contributed by atoms with Crippen molar-refractivity contribution in [1.29, 1.82) is 5.26 Å². The smallest absolute Gasteiger partial charge is 0.224 e. The molecule has 0 amide bonds. The van der Waals surface area contributed by atoms with Crippen LogP contribution >= 0.6 is 0 Å². The third-order valence-electron chi connectivity index (χ3n) is 2.29. The average Bonchev–Trinajstić information content (AvgIpc) is 2.38. The van der Waals surface area contributed by atoms with E-state index in [2.05, 4.69) is 21.4 Å². The highest BCUT2D eigenvalue weighted by Gasteiger charge is 2.06. The van der Waals surface area contributed by atoms with Crippen LogP contribution in [0.4, 0.5) is 5.82 Å². The number of ether oxygens (including phenoxy) is 1. The zero-order valence-electron chi connectivity index (χ0n) is 10.1. The number of benzene rings is 1. The zero-order valence-corrected chi connectivity index (χ0v) is 10.1. The lowest BCUT2D eigenvalue weighted by atomic mass is 10.2. The van der Waals surface area contributed by atoms with E-state index in [1.807, 2.05) is 6.07 Å². The number of aromatic nitrogens is 2. The van der Waals surface area contributed by atoms with E-state index in [0.717, 1.165) is 0 Å². The molecule has 5 heteroatoms. The van der Waals surface area contributed by atoms with Crippen LogP contribution in [0.5, 0.6) is 11.6 Å². The van der Waals surface area contributed by atoms with E-state index in [0.29, 0.717) is 28.8 Å². The Morgan fingerprint density at radius 2 is 2.06 bits per heavy atom. The molecule has 1 heterocycles. The van der Waals surface area contributed by atoms with Gasteiger partial charge in [0, 0.05) is 13.1 Å². The molecule has 2 rings (SSSR count). The number of nitriles is 1. The van der Waals surface area contributed by atoms with Crippen molar-refractivity contribution in [3.63, 3.8) is 0 Å².